The van der Waals surface area contributed by atoms with E-state index in [0.717, 1.165) is 5.56 Å². The fourth-order valence-corrected chi connectivity index (χ4v) is 3.51. The van der Waals surface area contributed by atoms with Crippen LogP contribution in [0.15, 0.2) is 24.5 Å². The smallest absolute Gasteiger partial charge is 0.348 e. The Morgan fingerprint density at radius 2 is 2.08 bits per heavy atom. The summed E-state index contributed by atoms with van der Waals surface area (Å²) in [5.41, 5.74) is 2.09. The first-order valence-electron chi connectivity index (χ1n) is 7.27. The van der Waals surface area contributed by atoms with Gasteiger partial charge in [-0.05, 0) is 25.0 Å². The van der Waals surface area contributed by atoms with Crippen LogP contribution in [0.2, 0.25) is 0 Å². The van der Waals surface area contributed by atoms with E-state index < -0.39 is 10.9 Å². The summed E-state index contributed by atoms with van der Waals surface area (Å²) in [5.74, 6) is 0.0514. The van der Waals surface area contributed by atoms with Gasteiger partial charge in [-0.3, -0.25) is 10.1 Å². The molecular formula is C16H14N4O4S. The highest BCUT2D eigenvalue weighted by Crippen LogP contribution is 2.35. The highest BCUT2D eigenvalue weighted by atomic mass is 32.1. The largest absolute Gasteiger partial charge is 0.465 e. The summed E-state index contributed by atoms with van der Waals surface area (Å²) in [5, 5.41) is 14.8. The fourth-order valence-electron chi connectivity index (χ4n) is 2.44. The van der Waals surface area contributed by atoms with Crippen molar-refractivity contribution in [2.75, 3.05) is 12.4 Å². The third kappa shape index (κ3) is 3.01. The SMILES string of the molecule is COC(=O)c1sc2ncnc(Nc3cc([N+](=O)[O-])ccc3C)c2c1C. The van der Waals surface area contributed by atoms with Crippen molar-refractivity contribution < 1.29 is 14.5 Å². The predicted molar refractivity (Wildman–Crippen MR) is 94.6 cm³/mol. The Morgan fingerprint density at radius 3 is 2.76 bits per heavy atom. The Labute approximate surface area is 146 Å². The van der Waals surface area contributed by atoms with Crippen LogP contribution >= 0.6 is 11.3 Å². The van der Waals surface area contributed by atoms with E-state index >= 15 is 0 Å². The number of benzene rings is 1. The number of ether oxygens (including phenoxy) is 1. The molecule has 25 heavy (non-hydrogen) atoms. The topological polar surface area (TPSA) is 107 Å². The summed E-state index contributed by atoms with van der Waals surface area (Å²) in [6.07, 6.45) is 1.38. The number of nitro groups is 1. The minimum atomic E-state index is -0.453. The van der Waals surface area contributed by atoms with Crippen LogP contribution in [-0.4, -0.2) is 28.0 Å². The molecule has 0 spiro atoms. The van der Waals surface area contributed by atoms with E-state index in [2.05, 4.69) is 15.3 Å². The molecule has 2 aromatic heterocycles. The number of esters is 1. The molecule has 0 aliphatic heterocycles. The highest BCUT2D eigenvalue weighted by molar-refractivity contribution is 7.20. The molecule has 0 amide bonds. The van der Waals surface area contributed by atoms with E-state index in [1.807, 2.05) is 6.92 Å². The predicted octanol–water partition coefficient (Wildman–Crippen LogP) is 3.75. The first kappa shape index (κ1) is 16.8. The zero-order valence-electron chi connectivity index (χ0n) is 13.7. The monoisotopic (exact) mass is 358 g/mol. The number of nitrogens with zero attached hydrogens (tertiary/aromatic N) is 3. The normalized spacial score (nSPS) is 10.7. The average Bonchev–Trinajstić information content (AvgIpc) is 2.94. The van der Waals surface area contributed by atoms with Crippen LogP contribution < -0.4 is 5.32 Å². The Morgan fingerprint density at radius 1 is 1.32 bits per heavy atom. The first-order chi connectivity index (χ1) is 11.9. The van der Waals surface area contributed by atoms with Crippen molar-refractivity contribution >= 4 is 44.7 Å². The molecule has 0 unspecified atom stereocenters. The number of aryl methyl sites for hydroxylation is 2. The van der Waals surface area contributed by atoms with E-state index in [9.17, 15) is 14.9 Å². The van der Waals surface area contributed by atoms with Crippen molar-refractivity contribution in [3.05, 3.63) is 50.6 Å². The molecule has 0 fully saturated rings. The van der Waals surface area contributed by atoms with Gasteiger partial charge in [-0.25, -0.2) is 14.8 Å². The van der Waals surface area contributed by atoms with Gasteiger partial charge in [0.2, 0.25) is 0 Å². The zero-order valence-corrected chi connectivity index (χ0v) is 14.5. The number of carbonyl (C=O) groups is 1. The van der Waals surface area contributed by atoms with Gasteiger partial charge in [0.15, 0.2) is 0 Å². The summed E-state index contributed by atoms with van der Waals surface area (Å²) in [6.45, 7) is 3.63. The lowest BCUT2D eigenvalue weighted by molar-refractivity contribution is -0.384. The minimum Gasteiger partial charge on any atom is -0.465 e. The van der Waals surface area contributed by atoms with E-state index in [1.54, 1.807) is 13.0 Å². The van der Waals surface area contributed by atoms with E-state index in [1.165, 1.54) is 36.9 Å². The van der Waals surface area contributed by atoms with Gasteiger partial charge in [0.25, 0.3) is 5.69 Å². The number of carbonyl (C=O) groups excluding carboxylic acids is 1. The number of methoxy groups -OCH3 is 1. The number of nitrogens with one attached hydrogen (secondary N) is 1. The maximum Gasteiger partial charge on any atom is 0.348 e. The van der Waals surface area contributed by atoms with Crippen molar-refractivity contribution in [2.24, 2.45) is 0 Å². The van der Waals surface area contributed by atoms with Crippen molar-refractivity contribution in [3.8, 4) is 0 Å². The molecule has 9 heteroatoms. The van der Waals surface area contributed by atoms with Gasteiger partial charge in [0, 0.05) is 17.8 Å². The van der Waals surface area contributed by atoms with Gasteiger partial charge in [0.05, 0.1) is 17.4 Å². The van der Waals surface area contributed by atoms with Crippen LogP contribution in [-0.2, 0) is 4.74 Å². The Kier molecular flexibility index (Phi) is 4.32. The first-order valence-corrected chi connectivity index (χ1v) is 8.08. The molecular weight excluding hydrogens is 344 g/mol. The number of hydrogen-bond acceptors (Lipinski definition) is 8. The second kappa shape index (κ2) is 6.44. The summed E-state index contributed by atoms with van der Waals surface area (Å²) >= 11 is 1.22. The lowest BCUT2D eigenvalue weighted by Crippen LogP contribution is -2.01. The summed E-state index contributed by atoms with van der Waals surface area (Å²) in [7, 11) is 1.32. The molecule has 2 heterocycles. The molecule has 128 valence electrons. The average molecular weight is 358 g/mol. The lowest BCUT2D eigenvalue weighted by atomic mass is 10.1. The maximum atomic E-state index is 11.9. The number of hydrogen-bond donors (Lipinski definition) is 1. The molecule has 0 aliphatic carbocycles. The van der Waals surface area contributed by atoms with Crippen LogP contribution in [0.25, 0.3) is 10.2 Å². The van der Waals surface area contributed by atoms with Crippen LogP contribution in [0, 0.1) is 24.0 Å². The molecule has 0 saturated carbocycles. The number of nitro benzene ring substituents is 1. The van der Waals surface area contributed by atoms with Gasteiger partial charge in [0.1, 0.15) is 21.9 Å². The molecule has 0 radical (unpaired) electrons. The van der Waals surface area contributed by atoms with Crippen LogP contribution in [0.1, 0.15) is 20.8 Å². The highest BCUT2D eigenvalue weighted by Gasteiger charge is 2.20. The van der Waals surface area contributed by atoms with Crippen molar-refractivity contribution in [1.29, 1.82) is 0 Å². The van der Waals surface area contributed by atoms with Crippen LogP contribution in [0.3, 0.4) is 0 Å². The van der Waals surface area contributed by atoms with Gasteiger partial charge >= 0.3 is 5.97 Å². The molecule has 3 aromatic rings. The number of aromatic nitrogens is 2. The summed E-state index contributed by atoms with van der Waals surface area (Å²) < 4.78 is 4.79. The van der Waals surface area contributed by atoms with Gasteiger partial charge in [-0.2, -0.15) is 0 Å². The molecule has 8 nitrogen and oxygen atoms in total. The van der Waals surface area contributed by atoms with E-state index in [-0.39, 0.29) is 5.69 Å². The lowest BCUT2D eigenvalue weighted by Gasteiger charge is -2.10. The number of fused-ring (bicyclic) bond motifs is 1. The number of anilines is 2. The van der Waals surface area contributed by atoms with Crippen LogP contribution in [0.4, 0.5) is 17.2 Å². The Balaban J connectivity index is 2.11. The van der Waals surface area contributed by atoms with E-state index in [0.29, 0.717) is 32.2 Å². The van der Waals surface area contributed by atoms with Crippen molar-refractivity contribution in [1.82, 2.24) is 9.97 Å². The standard InChI is InChI=1S/C16H14N4O4S/c1-8-4-5-10(20(22)23)6-11(8)19-14-12-9(2)13(16(21)24-3)25-15(12)18-7-17-14/h4-7H,1-3H3,(H,17,18,19). The van der Waals surface area contributed by atoms with Gasteiger partial charge in [-0.1, -0.05) is 6.07 Å². The molecule has 3 rings (SSSR count). The Bertz CT molecular complexity index is 999. The summed E-state index contributed by atoms with van der Waals surface area (Å²) in [4.78, 5) is 32.0. The third-order valence-electron chi connectivity index (χ3n) is 3.78. The number of thiophene rings is 1. The van der Waals surface area contributed by atoms with Crippen molar-refractivity contribution in [2.45, 2.75) is 13.8 Å². The molecule has 0 atom stereocenters. The molecule has 1 aromatic carbocycles. The van der Waals surface area contributed by atoms with Crippen molar-refractivity contribution in [3.63, 3.8) is 0 Å². The van der Waals surface area contributed by atoms with Crippen LogP contribution in [0.5, 0.6) is 0 Å². The molecule has 0 bridgehead atoms. The van der Waals surface area contributed by atoms with E-state index in [4.69, 9.17) is 4.74 Å². The third-order valence-corrected chi connectivity index (χ3v) is 4.96. The number of non-ortho nitro benzene ring substituents is 1. The second-order valence-corrected chi connectivity index (χ2v) is 6.33. The molecule has 0 saturated heterocycles. The zero-order chi connectivity index (χ0) is 18.1. The fraction of sp³-hybridized carbons (Fsp3) is 0.188. The summed E-state index contributed by atoms with van der Waals surface area (Å²) in [6, 6.07) is 4.56. The second-order valence-electron chi connectivity index (χ2n) is 5.33. The quantitative estimate of drug-likeness (QED) is 0.430. The van der Waals surface area contributed by atoms with Gasteiger partial charge in [-0.15, -0.1) is 11.3 Å². The van der Waals surface area contributed by atoms with Gasteiger partial charge < -0.3 is 10.1 Å². The molecule has 1 N–H and O–H groups in total. The minimum absolute atomic E-state index is 0.0179. The maximum absolute atomic E-state index is 11.9. The number of rotatable bonds is 4. The Hall–Kier alpha value is -3.07. The molecule has 0 aliphatic rings.